The third-order valence-corrected chi connectivity index (χ3v) is 5.21. The van der Waals surface area contributed by atoms with E-state index < -0.39 is 24.6 Å². The number of aryl methyl sites for hydroxylation is 1. The monoisotopic (exact) mass is 434 g/mol. The number of anilines is 1. The van der Waals surface area contributed by atoms with E-state index in [1.54, 1.807) is 26.0 Å². The number of pyridine rings is 1. The number of ether oxygens (including phenoxy) is 1. The number of aromatic nitrogens is 3. The number of alkyl halides is 3. The number of methoxy groups -OCH3 is 1. The average Bonchev–Trinajstić information content (AvgIpc) is 3.22. The zero-order chi connectivity index (χ0) is 22.5. The highest BCUT2D eigenvalue weighted by atomic mass is 19.4. The molecular formula is C21H18F4N4O2. The third-order valence-electron chi connectivity index (χ3n) is 5.21. The van der Waals surface area contributed by atoms with Gasteiger partial charge in [-0.1, -0.05) is 6.07 Å². The molecule has 0 spiro atoms. The molecule has 0 aliphatic carbocycles. The first kappa shape index (κ1) is 20.8. The molecule has 1 atom stereocenters. The normalized spacial score (nSPS) is 16.0. The average molecular weight is 434 g/mol. The van der Waals surface area contributed by atoms with Gasteiger partial charge in [0.15, 0.2) is 5.82 Å². The molecule has 0 saturated carbocycles. The topological polar surface area (TPSA) is 60.2 Å². The van der Waals surface area contributed by atoms with Crippen LogP contribution in [0.15, 0.2) is 36.8 Å². The standard InChI is InChI=1S/C21H18F4N4O2/c1-11-4-13(14-6-17(22)19(31-3)26-7-14)5-16-12(2)29(20(30)18(11)16)15-8-27-28(9-15)10-21(23,24)25/h4-9,12H,10H2,1-3H3. The Kier molecular flexibility index (Phi) is 4.95. The molecule has 1 amide bonds. The lowest BCUT2D eigenvalue weighted by Gasteiger charge is -2.20. The highest BCUT2D eigenvalue weighted by Crippen LogP contribution is 2.41. The Morgan fingerprint density at radius 2 is 1.90 bits per heavy atom. The van der Waals surface area contributed by atoms with Gasteiger partial charge in [0.2, 0.25) is 5.88 Å². The van der Waals surface area contributed by atoms with Crippen molar-refractivity contribution in [3.8, 4) is 17.0 Å². The Morgan fingerprint density at radius 1 is 1.16 bits per heavy atom. The number of amides is 1. The highest BCUT2D eigenvalue weighted by molar-refractivity contribution is 6.12. The van der Waals surface area contributed by atoms with Crippen LogP contribution in [-0.2, 0) is 6.54 Å². The molecular weight excluding hydrogens is 416 g/mol. The fourth-order valence-corrected chi connectivity index (χ4v) is 3.86. The van der Waals surface area contributed by atoms with Crippen LogP contribution in [0.5, 0.6) is 5.88 Å². The Labute approximate surface area is 175 Å². The van der Waals surface area contributed by atoms with Crippen LogP contribution < -0.4 is 9.64 Å². The number of halogens is 4. The van der Waals surface area contributed by atoms with E-state index in [0.717, 1.165) is 4.68 Å². The van der Waals surface area contributed by atoms with Gasteiger partial charge in [-0.3, -0.25) is 14.4 Å². The first-order valence-electron chi connectivity index (χ1n) is 9.36. The number of hydrogen-bond donors (Lipinski definition) is 0. The Morgan fingerprint density at radius 3 is 2.55 bits per heavy atom. The van der Waals surface area contributed by atoms with Crippen LogP contribution >= 0.6 is 0 Å². The predicted octanol–water partition coefficient (Wildman–Crippen LogP) is 4.68. The summed E-state index contributed by atoms with van der Waals surface area (Å²) in [6.07, 6.45) is -0.499. The van der Waals surface area contributed by atoms with E-state index in [0.29, 0.717) is 27.8 Å². The summed E-state index contributed by atoms with van der Waals surface area (Å²) in [5.74, 6) is -1.05. The smallest absolute Gasteiger partial charge is 0.408 e. The Balaban J connectivity index is 1.71. The van der Waals surface area contributed by atoms with Crippen LogP contribution in [0.4, 0.5) is 23.2 Å². The first-order chi connectivity index (χ1) is 14.6. The number of carbonyl (C=O) groups excluding carboxylic acids is 1. The molecule has 0 saturated heterocycles. The molecule has 2 aromatic heterocycles. The van der Waals surface area contributed by atoms with Crippen LogP contribution in [0.25, 0.3) is 11.1 Å². The molecule has 0 N–H and O–H groups in total. The summed E-state index contributed by atoms with van der Waals surface area (Å²) in [5, 5.41) is 3.73. The molecule has 0 bridgehead atoms. The van der Waals surface area contributed by atoms with Crippen LogP contribution in [0.1, 0.15) is 34.5 Å². The van der Waals surface area contributed by atoms with Crippen LogP contribution in [0, 0.1) is 12.7 Å². The summed E-state index contributed by atoms with van der Waals surface area (Å²) >= 11 is 0. The van der Waals surface area contributed by atoms with E-state index in [9.17, 15) is 22.4 Å². The van der Waals surface area contributed by atoms with Gasteiger partial charge in [-0.2, -0.15) is 18.3 Å². The third kappa shape index (κ3) is 3.73. The number of fused-ring (bicyclic) bond motifs is 1. The van der Waals surface area contributed by atoms with Gasteiger partial charge >= 0.3 is 6.18 Å². The molecule has 3 aromatic rings. The zero-order valence-corrected chi connectivity index (χ0v) is 16.9. The molecule has 10 heteroatoms. The van der Waals surface area contributed by atoms with Gasteiger partial charge in [0, 0.05) is 23.5 Å². The summed E-state index contributed by atoms with van der Waals surface area (Å²) in [7, 11) is 1.32. The summed E-state index contributed by atoms with van der Waals surface area (Å²) < 4.78 is 57.7. The molecule has 1 aromatic carbocycles. The molecule has 0 radical (unpaired) electrons. The molecule has 1 unspecified atom stereocenters. The number of carbonyl (C=O) groups is 1. The van der Waals surface area contributed by atoms with E-state index in [2.05, 4.69) is 10.1 Å². The highest BCUT2D eigenvalue weighted by Gasteiger charge is 2.38. The fourth-order valence-electron chi connectivity index (χ4n) is 3.86. The first-order valence-corrected chi connectivity index (χ1v) is 9.36. The summed E-state index contributed by atoms with van der Waals surface area (Å²) in [4.78, 5) is 18.4. The largest absolute Gasteiger partial charge is 0.479 e. The predicted molar refractivity (Wildman–Crippen MR) is 104 cm³/mol. The van der Waals surface area contributed by atoms with Crippen LogP contribution in [0.2, 0.25) is 0 Å². The quantitative estimate of drug-likeness (QED) is 0.560. The van der Waals surface area contributed by atoms with Crippen molar-refractivity contribution in [3.05, 3.63) is 59.3 Å². The maximum absolute atomic E-state index is 14.1. The summed E-state index contributed by atoms with van der Waals surface area (Å²) in [6, 6.07) is 4.38. The second kappa shape index (κ2) is 7.36. The molecule has 1 aliphatic heterocycles. The van der Waals surface area contributed by atoms with E-state index in [-0.39, 0.29) is 17.5 Å². The number of benzene rings is 1. The van der Waals surface area contributed by atoms with Gasteiger partial charge < -0.3 is 4.74 Å². The maximum Gasteiger partial charge on any atom is 0.408 e. The lowest BCUT2D eigenvalue weighted by atomic mass is 9.95. The molecule has 1 aliphatic rings. The van der Waals surface area contributed by atoms with Gasteiger partial charge in [-0.15, -0.1) is 0 Å². The van der Waals surface area contributed by atoms with Crippen molar-refractivity contribution in [1.29, 1.82) is 0 Å². The van der Waals surface area contributed by atoms with E-state index in [1.807, 2.05) is 0 Å². The SMILES string of the molecule is COc1ncc(-c2cc(C)c3c(c2)C(C)N(c2cnn(CC(F)(F)F)c2)C3=O)cc1F. The Bertz CT molecular complexity index is 1170. The van der Waals surface area contributed by atoms with Crippen molar-refractivity contribution in [3.63, 3.8) is 0 Å². The minimum atomic E-state index is -4.42. The van der Waals surface area contributed by atoms with Crippen LogP contribution in [-0.4, -0.2) is 34.0 Å². The minimum Gasteiger partial charge on any atom is -0.479 e. The minimum absolute atomic E-state index is 0.118. The van der Waals surface area contributed by atoms with Gasteiger partial charge in [0.25, 0.3) is 5.91 Å². The van der Waals surface area contributed by atoms with E-state index in [4.69, 9.17) is 4.74 Å². The van der Waals surface area contributed by atoms with Crippen molar-refractivity contribution in [2.75, 3.05) is 12.0 Å². The van der Waals surface area contributed by atoms with Gasteiger partial charge in [0.1, 0.15) is 6.54 Å². The maximum atomic E-state index is 14.1. The van der Waals surface area contributed by atoms with Gasteiger partial charge in [-0.25, -0.2) is 9.37 Å². The van der Waals surface area contributed by atoms with Crippen molar-refractivity contribution >= 4 is 11.6 Å². The van der Waals surface area contributed by atoms with Crippen LogP contribution in [0.3, 0.4) is 0 Å². The molecule has 4 rings (SSSR count). The van der Waals surface area contributed by atoms with E-state index in [1.165, 1.54) is 36.7 Å². The molecule has 0 fully saturated rings. The van der Waals surface area contributed by atoms with E-state index >= 15 is 0 Å². The number of rotatable bonds is 4. The lowest BCUT2D eigenvalue weighted by Crippen LogP contribution is -2.26. The van der Waals surface area contributed by atoms with Crippen molar-refractivity contribution in [2.45, 2.75) is 32.6 Å². The Hall–Kier alpha value is -3.43. The summed E-state index contributed by atoms with van der Waals surface area (Å²) in [6.45, 7) is 2.30. The fraction of sp³-hybridized carbons (Fsp3) is 0.286. The van der Waals surface area contributed by atoms with Crippen molar-refractivity contribution in [1.82, 2.24) is 14.8 Å². The van der Waals surface area contributed by atoms with Crippen molar-refractivity contribution in [2.24, 2.45) is 0 Å². The number of nitrogens with zero attached hydrogens (tertiary/aromatic N) is 4. The second-order valence-corrected chi connectivity index (χ2v) is 7.33. The van der Waals surface area contributed by atoms with Crippen molar-refractivity contribution < 1.29 is 27.1 Å². The van der Waals surface area contributed by atoms with Gasteiger partial charge in [-0.05, 0) is 42.7 Å². The summed E-state index contributed by atoms with van der Waals surface area (Å²) in [5.41, 5.74) is 3.29. The zero-order valence-electron chi connectivity index (χ0n) is 16.9. The number of hydrogen-bond acceptors (Lipinski definition) is 4. The van der Waals surface area contributed by atoms with Gasteiger partial charge in [0.05, 0.1) is 25.0 Å². The molecule has 162 valence electrons. The lowest BCUT2D eigenvalue weighted by molar-refractivity contribution is -0.142. The molecule has 3 heterocycles. The second-order valence-electron chi connectivity index (χ2n) is 7.33. The molecule has 6 nitrogen and oxygen atoms in total. The molecule has 31 heavy (non-hydrogen) atoms.